The number of aryl methyl sites for hydroxylation is 2. The molecule has 0 radical (unpaired) electrons. The molecular formula is C19H21FN2O3S. The fourth-order valence-electron chi connectivity index (χ4n) is 3.16. The van der Waals surface area contributed by atoms with E-state index in [-0.39, 0.29) is 5.56 Å². The van der Waals surface area contributed by atoms with Crippen LogP contribution >= 0.6 is 0 Å². The molecule has 2 aromatic rings. The van der Waals surface area contributed by atoms with Crippen LogP contribution in [-0.4, -0.2) is 31.7 Å². The van der Waals surface area contributed by atoms with Gasteiger partial charge in [0.15, 0.2) is 0 Å². The third kappa shape index (κ3) is 3.78. The van der Waals surface area contributed by atoms with Crippen LogP contribution < -0.4 is 5.32 Å². The number of nitrogens with one attached hydrogen (secondary N) is 1. The minimum absolute atomic E-state index is 0.100. The molecule has 26 heavy (non-hydrogen) atoms. The van der Waals surface area contributed by atoms with Gasteiger partial charge in [-0.15, -0.1) is 0 Å². The van der Waals surface area contributed by atoms with Crippen LogP contribution in [0.1, 0.15) is 34.3 Å². The first kappa shape index (κ1) is 18.5. The second kappa shape index (κ2) is 7.17. The molecule has 0 atom stereocenters. The number of hydrogen-bond acceptors (Lipinski definition) is 3. The van der Waals surface area contributed by atoms with E-state index < -0.39 is 26.6 Å². The second-order valence-corrected chi connectivity index (χ2v) is 8.49. The summed E-state index contributed by atoms with van der Waals surface area (Å²) in [4.78, 5) is 12.1. The summed E-state index contributed by atoms with van der Waals surface area (Å²) in [5.41, 5.74) is 2.71. The number of amides is 1. The maximum Gasteiger partial charge on any atom is 0.255 e. The number of halogens is 1. The summed E-state index contributed by atoms with van der Waals surface area (Å²) < 4.78 is 40.7. The molecule has 5 nitrogen and oxygen atoms in total. The Morgan fingerprint density at radius 2 is 1.65 bits per heavy atom. The summed E-state index contributed by atoms with van der Waals surface area (Å²) in [6.45, 7) is 4.59. The topological polar surface area (TPSA) is 66.5 Å². The average Bonchev–Trinajstić information content (AvgIpc) is 3.09. The van der Waals surface area contributed by atoms with Gasteiger partial charge in [-0.05, 0) is 68.1 Å². The maximum atomic E-state index is 14.2. The number of carbonyl (C=O) groups is 1. The van der Waals surface area contributed by atoms with Crippen LogP contribution in [0.2, 0.25) is 0 Å². The van der Waals surface area contributed by atoms with E-state index in [9.17, 15) is 17.6 Å². The molecule has 1 aliphatic rings. The number of carbonyl (C=O) groups excluding carboxylic acids is 1. The lowest BCUT2D eigenvalue weighted by Gasteiger charge is -2.16. The molecule has 0 spiro atoms. The monoisotopic (exact) mass is 376 g/mol. The van der Waals surface area contributed by atoms with Crippen LogP contribution in [0.15, 0.2) is 41.3 Å². The van der Waals surface area contributed by atoms with Crippen LogP contribution in [0.5, 0.6) is 0 Å². The Balaban J connectivity index is 1.90. The lowest BCUT2D eigenvalue weighted by Crippen LogP contribution is -2.29. The molecule has 1 aliphatic heterocycles. The van der Waals surface area contributed by atoms with Gasteiger partial charge in [0.2, 0.25) is 10.0 Å². The lowest BCUT2D eigenvalue weighted by molar-refractivity contribution is 0.102. The van der Waals surface area contributed by atoms with Crippen LogP contribution in [0.3, 0.4) is 0 Å². The van der Waals surface area contributed by atoms with Gasteiger partial charge in [0, 0.05) is 24.3 Å². The number of anilines is 1. The molecule has 0 aliphatic carbocycles. The Labute approximate surface area is 152 Å². The maximum absolute atomic E-state index is 14.2. The average molecular weight is 376 g/mol. The molecule has 0 bridgehead atoms. The third-order valence-corrected chi connectivity index (χ3v) is 6.27. The summed E-state index contributed by atoms with van der Waals surface area (Å²) in [5, 5.41) is 2.74. The Bertz CT molecular complexity index is 931. The molecule has 0 aromatic heterocycles. The first-order valence-corrected chi connectivity index (χ1v) is 9.91. The molecule has 1 N–H and O–H groups in total. The normalized spacial score (nSPS) is 15.2. The fourth-order valence-corrected chi connectivity index (χ4v) is 4.77. The quantitative estimate of drug-likeness (QED) is 0.888. The van der Waals surface area contributed by atoms with Gasteiger partial charge in [-0.1, -0.05) is 6.07 Å². The lowest BCUT2D eigenvalue weighted by atomic mass is 10.1. The van der Waals surface area contributed by atoms with E-state index >= 15 is 0 Å². The van der Waals surface area contributed by atoms with Crippen LogP contribution in [0, 0.1) is 19.7 Å². The number of rotatable bonds is 4. The van der Waals surface area contributed by atoms with E-state index in [1.807, 2.05) is 32.0 Å². The van der Waals surface area contributed by atoms with Gasteiger partial charge in [0.1, 0.15) is 10.7 Å². The molecule has 1 saturated heterocycles. The summed E-state index contributed by atoms with van der Waals surface area (Å²) in [7, 11) is -3.93. The van der Waals surface area contributed by atoms with Crippen LogP contribution in [0.25, 0.3) is 0 Å². The van der Waals surface area contributed by atoms with Gasteiger partial charge in [-0.2, -0.15) is 4.31 Å². The molecule has 138 valence electrons. The zero-order chi connectivity index (χ0) is 18.9. The van der Waals surface area contributed by atoms with Crippen molar-refractivity contribution in [2.45, 2.75) is 31.6 Å². The highest BCUT2D eigenvalue weighted by molar-refractivity contribution is 7.89. The van der Waals surface area contributed by atoms with Gasteiger partial charge in [0.05, 0.1) is 0 Å². The zero-order valence-corrected chi connectivity index (χ0v) is 15.6. The van der Waals surface area contributed by atoms with Crippen molar-refractivity contribution < 1.29 is 17.6 Å². The van der Waals surface area contributed by atoms with Crippen LogP contribution in [-0.2, 0) is 10.0 Å². The van der Waals surface area contributed by atoms with Crippen molar-refractivity contribution in [3.05, 3.63) is 58.9 Å². The zero-order valence-electron chi connectivity index (χ0n) is 14.8. The first-order valence-electron chi connectivity index (χ1n) is 8.47. The van der Waals surface area contributed by atoms with Crippen molar-refractivity contribution in [1.29, 1.82) is 0 Å². The second-order valence-electron chi connectivity index (χ2n) is 6.59. The minimum atomic E-state index is -3.93. The van der Waals surface area contributed by atoms with Crippen molar-refractivity contribution in [2.24, 2.45) is 0 Å². The minimum Gasteiger partial charge on any atom is -0.322 e. The predicted octanol–water partition coefficient (Wildman–Crippen LogP) is 3.48. The van der Waals surface area contributed by atoms with E-state index in [2.05, 4.69) is 5.32 Å². The van der Waals surface area contributed by atoms with Crippen LogP contribution in [0.4, 0.5) is 10.1 Å². The van der Waals surface area contributed by atoms with Gasteiger partial charge in [-0.25, -0.2) is 12.8 Å². The predicted molar refractivity (Wildman–Crippen MR) is 98.3 cm³/mol. The van der Waals surface area contributed by atoms with Gasteiger partial charge < -0.3 is 5.32 Å². The number of benzene rings is 2. The Morgan fingerprint density at radius 3 is 2.27 bits per heavy atom. The highest BCUT2D eigenvalue weighted by atomic mass is 32.2. The fraction of sp³-hybridized carbons (Fsp3) is 0.316. The number of hydrogen-bond donors (Lipinski definition) is 1. The van der Waals surface area contributed by atoms with Gasteiger partial charge >= 0.3 is 0 Å². The van der Waals surface area contributed by atoms with Gasteiger partial charge in [-0.3, -0.25) is 4.79 Å². The van der Waals surface area contributed by atoms with Crippen molar-refractivity contribution in [3.63, 3.8) is 0 Å². The first-order chi connectivity index (χ1) is 12.3. The highest BCUT2D eigenvalue weighted by Gasteiger charge is 2.30. The molecule has 3 rings (SSSR count). The summed E-state index contributed by atoms with van der Waals surface area (Å²) in [6.07, 6.45) is 1.52. The molecule has 2 aromatic carbocycles. The molecule has 1 fully saturated rings. The standard InChI is InChI=1S/C19H21FN2O3S/c1-13-9-14(2)11-16(10-13)21-19(23)15-5-6-17(20)18(12-15)26(24,25)22-7-3-4-8-22/h5-6,9-12H,3-4,7-8H2,1-2H3,(H,21,23). The van der Waals surface area contributed by atoms with E-state index in [0.29, 0.717) is 18.8 Å². The molecule has 7 heteroatoms. The Morgan fingerprint density at radius 1 is 1.04 bits per heavy atom. The summed E-state index contributed by atoms with van der Waals surface area (Å²) in [5.74, 6) is -1.33. The van der Waals surface area contributed by atoms with Crippen molar-refractivity contribution >= 4 is 21.6 Å². The van der Waals surface area contributed by atoms with Crippen molar-refractivity contribution in [1.82, 2.24) is 4.31 Å². The highest BCUT2D eigenvalue weighted by Crippen LogP contribution is 2.25. The molecule has 0 saturated carbocycles. The summed E-state index contributed by atoms with van der Waals surface area (Å²) in [6, 6.07) is 9.04. The smallest absolute Gasteiger partial charge is 0.255 e. The van der Waals surface area contributed by atoms with Crippen molar-refractivity contribution in [2.75, 3.05) is 18.4 Å². The van der Waals surface area contributed by atoms with E-state index in [1.54, 1.807) is 0 Å². The molecular weight excluding hydrogens is 355 g/mol. The Kier molecular flexibility index (Phi) is 5.11. The Hall–Kier alpha value is -2.25. The number of nitrogens with zero attached hydrogens (tertiary/aromatic N) is 1. The van der Waals surface area contributed by atoms with Gasteiger partial charge in [0.25, 0.3) is 5.91 Å². The van der Waals surface area contributed by atoms with E-state index in [1.165, 1.54) is 10.4 Å². The van der Waals surface area contributed by atoms with E-state index in [4.69, 9.17) is 0 Å². The SMILES string of the molecule is Cc1cc(C)cc(NC(=O)c2ccc(F)c(S(=O)(=O)N3CCCC3)c2)c1. The molecule has 1 amide bonds. The largest absolute Gasteiger partial charge is 0.322 e. The molecule has 0 unspecified atom stereocenters. The molecule has 1 heterocycles. The summed E-state index contributed by atoms with van der Waals surface area (Å²) >= 11 is 0. The third-order valence-electron chi connectivity index (χ3n) is 4.36. The number of sulfonamides is 1. The van der Waals surface area contributed by atoms with E-state index in [0.717, 1.165) is 36.1 Å². The van der Waals surface area contributed by atoms with Crippen molar-refractivity contribution in [3.8, 4) is 0 Å².